The van der Waals surface area contributed by atoms with Crippen molar-refractivity contribution < 1.29 is 13.9 Å². The highest BCUT2D eigenvalue weighted by Crippen LogP contribution is 2.19. The summed E-state index contributed by atoms with van der Waals surface area (Å²) < 4.78 is 17.1. The Kier molecular flexibility index (Phi) is 2.86. The molecular weight excluding hydrogens is 185 g/mol. The zero-order valence-electron chi connectivity index (χ0n) is 8.08. The SMILES string of the molecule is COC(=O)[C@@](C)(N)c1ccc(F)cc1. The van der Waals surface area contributed by atoms with Crippen LogP contribution >= 0.6 is 0 Å². The second kappa shape index (κ2) is 3.75. The number of carbonyl (C=O) groups is 1. The minimum atomic E-state index is -1.23. The maximum Gasteiger partial charge on any atom is 0.330 e. The average Bonchev–Trinajstić information content (AvgIpc) is 2.17. The fraction of sp³-hybridized carbons (Fsp3) is 0.300. The third-order valence-electron chi connectivity index (χ3n) is 2.05. The lowest BCUT2D eigenvalue weighted by Crippen LogP contribution is -2.42. The molecule has 1 rings (SSSR count). The molecule has 0 heterocycles. The van der Waals surface area contributed by atoms with Crippen molar-refractivity contribution in [3.8, 4) is 0 Å². The normalized spacial score (nSPS) is 14.6. The molecule has 0 radical (unpaired) electrons. The number of carbonyl (C=O) groups excluding carboxylic acids is 1. The number of methoxy groups -OCH3 is 1. The van der Waals surface area contributed by atoms with Gasteiger partial charge < -0.3 is 10.5 Å². The highest BCUT2D eigenvalue weighted by atomic mass is 19.1. The molecule has 0 aliphatic carbocycles. The number of rotatable bonds is 2. The van der Waals surface area contributed by atoms with E-state index in [4.69, 9.17) is 5.73 Å². The van der Waals surface area contributed by atoms with Gasteiger partial charge >= 0.3 is 5.97 Å². The van der Waals surface area contributed by atoms with Crippen molar-refractivity contribution >= 4 is 5.97 Å². The molecule has 0 aliphatic rings. The van der Waals surface area contributed by atoms with E-state index < -0.39 is 11.5 Å². The number of esters is 1. The Labute approximate surface area is 81.7 Å². The van der Waals surface area contributed by atoms with Crippen LogP contribution in [0.15, 0.2) is 24.3 Å². The summed E-state index contributed by atoms with van der Waals surface area (Å²) in [5, 5.41) is 0. The van der Waals surface area contributed by atoms with Crippen molar-refractivity contribution in [1.82, 2.24) is 0 Å². The minimum absolute atomic E-state index is 0.366. The van der Waals surface area contributed by atoms with Gasteiger partial charge in [-0.3, -0.25) is 0 Å². The van der Waals surface area contributed by atoms with Gasteiger partial charge in [-0.2, -0.15) is 0 Å². The molecule has 0 aromatic heterocycles. The number of ether oxygens (including phenoxy) is 1. The Balaban J connectivity index is 3.03. The second-order valence-corrected chi connectivity index (χ2v) is 3.20. The molecule has 0 saturated carbocycles. The number of halogens is 1. The van der Waals surface area contributed by atoms with Gasteiger partial charge in [-0.1, -0.05) is 12.1 Å². The van der Waals surface area contributed by atoms with Gasteiger partial charge in [0.25, 0.3) is 0 Å². The van der Waals surface area contributed by atoms with E-state index >= 15 is 0 Å². The predicted molar refractivity (Wildman–Crippen MR) is 50.0 cm³/mol. The van der Waals surface area contributed by atoms with Gasteiger partial charge in [0.15, 0.2) is 0 Å². The van der Waals surface area contributed by atoms with Crippen molar-refractivity contribution in [2.75, 3.05) is 7.11 Å². The van der Waals surface area contributed by atoms with E-state index in [2.05, 4.69) is 4.74 Å². The van der Waals surface area contributed by atoms with Crippen LogP contribution in [0.4, 0.5) is 4.39 Å². The van der Waals surface area contributed by atoms with E-state index in [1.54, 1.807) is 0 Å². The molecule has 0 unspecified atom stereocenters. The summed E-state index contributed by atoms with van der Waals surface area (Å²) in [6.45, 7) is 1.52. The second-order valence-electron chi connectivity index (χ2n) is 3.20. The molecule has 76 valence electrons. The summed E-state index contributed by atoms with van der Waals surface area (Å²) in [5.41, 5.74) is 5.03. The van der Waals surface area contributed by atoms with E-state index in [0.717, 1.165) is 0 Å². The highest BCUT2D eigenvalue weighted by molar-refractivity contribution is 5.81. The van der Waals surface area contributed by atoms with Crippen LogP contribution in [0.1, 0.15) is 12.5 Å². The molecular formula is C10H12FNO2. The Morgan fingerprint density at radius 3 is 2.36 bits per heavy atom. The summed E-state index contributed by atoms with van der Waals surface area (Å²) in [7, 11) is 1.26. The molecule has 1 aromatic carbocycles. The summed E-state index contributed by atoms with van der Waals surface area (Å²) >= 11 is 0. The summed E-state index contributed by atoms with van der Waals surface area (Å²) in [6.07, 6.45) is 0. The number of nitrogens with two attached hydrogens (primary N) is 1. The predicted octanol–water partition coefficient (Wildman–Crippen LogP) is 1.17. The van der Waals surface area contributed by atoms with Crippen molar-refractivity contribution in [2.45, 2.75) is 12.5 Å². The van der Waals surface area contributed by atoms with Crippen LogP contribution < -0.4 is 5.73 Å². The third-order valence-corrected chi connectivity index (χ3v) is 2.05. The minimum Gasteiger partial charge on any atom is -0.467 e. The zero-order valence-corrected chi connectivity index (χ0v) is 8.08. The standard InChI is InChI=1S/C10H12FNO2/c1-10(12,9(13)14-2)7-3-5-8(11)6-4-7/h3-6H,12H2,1-2H3/t10-/m0/s1. The van der Waals surface area contributed by atoms with E-state index in [1.165, 1.54) is 38.3 Å². The smallest absolute Gasteiger partial charge is 0.330 e. The first-order valence-electron chi connectivity index (χ1n) is 4.12. The average molecular weight is 197 g/mol. The molecule has 0 fully saturated rings. The molecule has 0 saturated heterocycles. The van der Waals surface area contributed by atoms with Gasteiger partial charge in [0, 0.05) is 0 Å². The van der Waals surface area contributed by atoms with Crippen LogP contribution in [0.5, 0.6) is 0 Å². The molecule has 14 heavy (non-hydrogen) atoms. The summed E-state index contributed by atoms with van der Waals surface area (Å²) in [6, 6.07) is 5.44. The Morgan fingerprint density at radius 2 is 1.93 bits per heavy atom. The summed E-state index contributed by atoms with van der Waals surface area (Å²) in [4.78, 5) is 11.3. The van der Waals surface area contributed by atoms with Crippen LogP contribution in [-0.2, 0) is 15.1 Å². The molecule has 0 bridgehead atoms. The van der Waals surface area contributed by atoms with Gasteiger partial charge in [0.05, 0.1) is 7.11 Å². The van der Waals surface area contributed by atoms with Gasteiger partial charge in [-0.15, -0.1) is 0 Å². The third kappa shape index (κ3) is 1.90. The number of benzene rings is 1. The van der Waals surface area contributed by atoms with Gasteiger partial charge in [-0.25, -0.2) is 9.18 Å². The first-order valence-corrected chi connectivity index (χ1v) is 4.12. The van der Waals surface area contributed by atoms with Crippen LogP contribution in [-0.4, -0.2) is 13.1 Å². The maximum absolute atomic E-state index is 12.6. The molecule has 3 nitrogen and oxygen atoms in total. The molecule has 4 heteroatoms. The molecule has 0 amide bonds. The quantitative estimate of drug-likeness (QED) is 0.724. The fourth-order valence-electron chi connectivity index (χ4n) is 1.13. The van der Waals surface area contributed by atoms with Crippen molar-refractivity contribution in [3.05, 3.63) is 35.6 Å². The lowest BCUT2D eigenvalue weighted by molar-refractivity contribution is -0.146. The maximum atomic E-state index is 12.6. The first-order chi connectivity index (χ1) is 6.48. The summed E-state index contributed by atoms with van der Waals surface area (Å²) in [5.74, 6) is -0.918. The van der Waals surface area contributed by atoms with Crippen molar-refractivity contribution in [2.24, 2.45) is 5.73 Å². The first kappa shape index (κ1) is 10.7. The van der Waals surface area contributed by atoms with Crippen molar-refractivity contribution in [1.29, 1.82) is 0 Å². The fourth-order valence-corrected chi connectivity index (χ4v) is 1.13. The largest absolute Gasteiger partial charge is 0.467 e. The van der Waals surface area contributed by atoms with Gasteiger partial charge in [-0.05, 0) is 24.6 Å². The van der Waals surface area contributed by atoms with Crippen LogP contribution in [0.2, 0.25) is 0 Å². The topological polar surface area (TPSA) is 52.3 Å². The van der Waals surface area contributed by atoms with E-state index in [1.807, 2.05) is 0 Å². The molecule has 1 aromatic rings. The Morgan fingerprint density at radius 1 is 1.43 bits per heavy atom. The lowest BCUT2D eigenvalue weighted by atomic mass is 9.93. The number of hydrogen-bond acceptors (Lipinski definition) is 3. The van der Waals surface area contributed by atoms with E-state index in [9.17, 15) is 9.18 Å². The van der Waals surface area contributed by atoms with Gasteiger partial charge in [0.1, 0.15) is 11.4 Å². The highest BCUT2D eigenvalue weighted by Gasteiger charge is 2.31. The van der Waals surface area contributed by atoms with Crippen LogP contribution in [0.25, 0.3) is 0 Å². The molecule has 0 spiro atoms. The zero-order chi connectivity index (χ0) is 10.8. The lowest BCUT2D eigenvalue weighted by Gasteiger charge is -2.21. The number of hydrogen-bond donors (Lipinski definition) is 1. The Hall–Kier alpha value is -1.42. The van der Waals surface area contributed by atoms with Gasteiger partial charge in [0.2, 0.25) is 0 Å². The van der Waals surface area contributed by atoms with Crippen LogP contribution in [0.3, 0.4) is 0 Å². The monoisotopic (exact) mass is 197 g/mol. The molecule has 0 aliphatic heterocycles. The van der Waals surface area contributed by atoms with E-state index in [0.29, 0.717) is 5.56 Å². The molecule has 1 atom stereocenters. The molecule has 2 N–H and O–H groups in total. The van der Waals surface area contributed by atoms with Crippen molar-refractivity contribution in [3.63, 3.8) is 0 Å². The van der Waals surface area contributed by atoms with E-state index in [-0.39, 0.29) is 5.82 Å². The van der Waals surface area contributed by atoms with Crippen LogP contribution in [0, 0.1) is 5.82 Å². The Bertz CT molecular complexity index is 332.